The zero-order valence-electron chi connectivity index (χ0n) is 11.7. The predicted molar refractivity (Wildman–Crippen MR) is 70.3 cm³/mol. The zero-order valence-corrected chi connectivity index (χ0v) is 11.7. The molecule has 0 radical (unpaired) electrons. The van der Waals surface area contributed by atoms with E-state index in [0.29, 0.717) is 12.6 Å². The number of rotatable bonds is 6. The number of aliphatic hydroxyl groups excluding tert-OH is 1. The molecule has 0 aromatic rings. The van der Waals surface area contributed by atoms with Crippen LogP contribution in [0.5, 0.6) is 0 Å². The van der Waals surface area contributed by atoms with Crippen molar-refractivity contribution in [3.63, 3.8) is 0 Å². The lowest BCUT2D eigenvalue weighted by molar-refractivity contribution is -0.148. The number of aliphatic hydroxyl groups is 1. The first-order valence-electron chi connectivity index (χ1n) is 6.78. The quantitative estimate of drug-likeness (QED) is 0.668. The van der Waals surface area contributed by atoms with Crippen LogP contribution in [0.2, 0.25) is 0 Å². The number of carbonyl (C=O) groups is 1. The first kappa shape index (κ1) is 15.4. The van der Waals surface area contributed by atoms with Crippen molar-refractivity contribution in [3.8, 4) is 0 Å². The van der Waals surface area contributed by atoms with E-state index in [1.165, 1.54) is 7.11 Å². The minimum atomic E-state index is -0.126. The third kappa shape index (κ3) is 4.23. The molecule has 1 aliphatic rings. The Morgan fingerprint density at radius 3 is 2.83 bits per heavy atom. The van der Waals surface area contributed by atoms with E-state index in [0.717, 1.165) is 25.9 Å². The third-order valence-electron chi connectivity index (χ3n) is 3.77. The van der Waals surface area contributed by atoms with Crippen molar-refractivity contribution in [2.75, 3.05) is 33.4 Å². The number of hydrogen-bond donors (Lipinski definition) is 2. The van der Waals surface area contributed by atoms with Crippen LogP contribution in [-0.4, -0.2) is 61.4 Å². The third-order valence-corrected chi connectivity index (χ3v) is 3.77. The summed E-state index contributed by atoms with van der Waals surface area (Å²) in [7, 11) is 1.45. The Hall–Kier alpha value is -0.650. The highest BCUT2D eigenvalue weighted by Gasteiger charge is 2.33. The Kier molecular flexibility index (Phi) is 6.60. The largest absolute Gasteiger partial charge is 0.469 e. The Morgan fingerprint density at radius 1 is 1.56 bits per heavy atom. The van der Waals surface area contributed by atoms with Crippen LogP contribution in [0.4, 0.5) is 0 Å². The molecular weight excluding hydrogens is 232 g/mol. The van der Waals surface area contributed by atoms with Gasteiger partial charge < -0.3 is 15.2 Å². The number of nitrogens with zero attached hydrogens (tertiary/aromatic N) is 1. The molecule has 2 N–H and O–H groups in total. The molecule has 1 fully saturated rings. The van der Waals surface area contributed by atoms with Crippen molar-refractivity contribution in [2.24, 2.45) is 5.92 Å². The molecule has 5 nitrogen and oxygen atoms in total. The van der Waals surface area contributed by atoms with Gasteiger partial charge in [0.2, 0.25) is 0 Å². The molecule has 1 aliphatic heterocycles. The second-order valence-corrected chi connectivity index (χ2v) is 5.04. The van der Waals surface area contributed by atoms with Crippen LogP contribution in [-0.2, 0) is 9.53 Å². The number of hydrogen-bond acceptors (Lipinski definition) is 5. The molecule has 0 spiro atoms. The SMILES string of the molecule is CCC(C)N1CC(NCCO)CC(C(=O)OC)C1. The van der Waals surface area contributed by atoms with E-state index in [1.807, 2.05) is 0 Å². The van der Waals surface area contributed by atoms with Gasteiger partial charge in [-0.15, -0.1) is 0 Å². The fraction of sp³-hybridized carbons (Fsp3) is 0.923. The molecule has 106 valence electrons. The van der Waals surface area contributed by atoms with E-state index in [4.69, 9.17) is 9.84 Å². The van der Waals surface area contributed by atoms with Gasteiger partial charge in [0, 0.05) is 31.7 Å². The van der Waals surface area contributed by atoms with Crippen LogP contribution in [0.15, 0.2) is 0 Å². The smallest absolute Gasteiger partial charge is 0.310 e. The van der Waals surface area contributed by atoms with E-state index in [-0.39, 0.29) is 24.5 Å². The summed E-state index contributed by atoms with van der Waals surface area (Å²) in [6.07, 6.45) is 1.86. The normalized spacial score (nSPS) is 26.9. The average Bonchev–Trinajstić information content (AvgIpc) is 2.42. The molecule has 1 rings (SSSR count). The van der Waals surface area contributed by atoms with Crippen molar-refractivity contribution < 1.29 is 14.6 Å². The van der Waals surface area contributed by atoms with Gasteiger partial charge in [-0.25, -0.2) is 0 Å². The summed E-state index contributed by atoms with van der Waals surface area (Å²) < 4.78 is 4.86. The fourth-order valence-corrected chi connectivity index (χ4v) is 2.51. The van der Waals surface area contributed by atoms with Crippen molar-refractivity contribution in [3.05, 3.63) is 0 Å². The molecule has 3 atom stereocenters. The molecule has 5 heteroatoms. The van der Waals surface area contributed by atoms with Gasteiger partial charge in [0.15, 0.2) is 0 Å². The Labute approximate surface area is 109 Å². The summed E-state index contributed by atoms with van der Waals surface area (Å²) in [6.45, 7) is 6.75. The molecule has 18 heavy (non-hydrogen) atoms. The van der Waals surface area contributed by atoms with E-state index in [1.54, 1.807) is 0 Å². The van der Waals surface area contributed by atoms with E-state index < -0.39 is 0 Å². The Bertz CT molecular complexity index is 261. The second-order valence-electron chi connectivity index (χ2n) is 5.04. The van der Waals surface area contributed by atoms with Crippen molar-refractivity contribution in [2.45, 2.75) is 38.8 Å². The van der Waals surface area contributed by atoms with Gasteiger partial charge in [-0.3, -0.25) is 9.69 Å². The number of nitrogens with one attached hydrogen (secondary N) is 1. The molecule has 1 heterocycles. The number of esters is 1. The molecule has 0 aromatic heterocycles. The van der Waals surface area contributed by atoms with E-state index in [2.05, 4.69) is 24.1 Å². The molecular formula is C13H26N2O3. The van der Waals surface area contributed by atoms with Gasteiger partial charge in [-0.05, 0) is 19.8 Å². The molecule has 0 amide bonds. The zero-order chi connectivity index (χ0) is 13.5. The summed E-state index contributed by atoms with van der Waals surface area (Å²) in [5.41, 5.74) is 0. The molecule has 0 saturated carbocycles. The van der Waals surface area contributed by atoms with Gasteiger partial charge in [0.25, 0.3) is 0 Å². The summed E-state index contributed by atoms with van der Waals surface area (Å²) in [6, 6.07) is 0.722. The molecule has 3 unspecified atom stereocenters. The number of likely N-dealkylation sites (tertiary alicyclic amines) is 1. The lowest BCUT2D eigenvalue weighted by Gasteiger charge is -2.40. The summed E-state index contributed by atoms with van der Waals surface area (Å²) in [4.78, 5) is 14.1. The highest BCUT2D eigenvalue weighted by molar-refractivity contribution is 5.72. The highest BCUT2D eigenvalue weighted by atomic mass is 16.5. The van der Waals surface area contributed by atoms with Gasteiger partial charge in [-0.2, -0.15) is 0 Å². The van der Waals surface area contributed by atoms with Crippen LogP contribution >= 0.6 is 0 Å². The lowest BCUT2D eigenvalue weighted by atomic mass is 9.92. The van der Waals surface area contributed by atoms with Crippen LogP contribution in [0.1, 0.15) is 26.7 Å². The number of piperidine rings is 1. The minimum Gasteiger partial charge on any atom is -0.469 e. The molecule has 0 aromatic carbocycles. The van der Waals surface area contributed by atoms with E-state index in [9.17, 15) is 4.79 Å². The Balaban J connectivity index is 2.62. The molecule has 0 bridgehead atoms. The van der Waals surface area contributed by atoms with Gasteiger partial charge in [0.05, 0.1) is 19.6 Å². The first-order chi connectivity index (χ1) is 8.62. The lowest BCUT2D eigenvalue weighted by Crippen LogP contribution is -2.54. The van der Waals surface area contributed by atoms with Gasteiger partial charge in [0.1, 0.15) is 0 Å². The fourth-order valence-electron chi connectivity index (χ4n) is 2.51. The maximum Gasteiger partial charge on any atom is 0.310 e. The van der Waals surface area contributed by atoms with Gasteiger partial charge >= 0.3 is 5.97 Å². The first-order valence-corrected chi connectivity index (χ1v) is 6.78. The number of ether oxygens (including phenoxy) is 1. The minimum absolute atomic E-state index is 0.0612. The maximum absolute atomic E-state index is 11.7. The van der Waals surface area contributed by atoms with E-state index >= 15 is 0 Å². The van der Waals surface area contributed by atoms with Crippen LogP contribution in [0.3, 0.4) is 0 Å². The molecule has 0 aliphatic carbocycles. The predicted octanol–water partition coefficient (Wildman–Crippen LogP) is 0.230. The van der Waals surface area contributed by atoms with Crippen molar-refractivity contribution in [1.82, 2.24) is 10.2 Å². The van der Waals surface area contributed by atoms with Crippen LogP contribution in [0.25, 0.3) is 0 Å². The summed E-state index contributed by atoms with van der Waals surface area (Å²) in [5.74, 6) is -0.187. The number of methoxy groups -OCH3 is 1. The van der Waals surface area contributed by atoms with Crippen molar-refractivity contribution >= 4 is 5.97 Å². The average molecular weight is 258 g/mol. The van der Waals surface area contributed by atoms with Crippen LogP contribution < -0.4 is 5.32 Å². The molecule has 1 saturated heterocycles. The topological polar surface area (TPSA) is 61.8 Å². The summed E-state index contributed by atoms with van der Waals surface area (Å²) in [5, 5.41) is 12.2. The monoisotopic (exact) mass is 258 g/mol. The van der Waals surface area contributed by atoms with Crippen LogP contribution in [0, 0.1) is 5.92 Å². The Morgan fingerprint density at radius 2 is 2.28 bits per heavy atom. The van der Waals surface area contributed by atoms with Crippen molar-refractivity contribution in [1.29, 1.82) is 0 Å². The maximum atomic E-state index is 11.7. The summed E-state index contributed by atoms with van der Waals surface area (Å²) >= 11 is 0. The number of carbonyl (C=O) groups excluding carboxylic acids is 1. The van der Waals surface area contributed by atoms with Gasteiger partial charge in [-0.1, -0.05) is 6.92 Å². The standard InChI is InChI=1S/C13H26N2O3/c1-4-10(2)15-8-11(13(17)18-3)7-12(9-15)14-5-6-16/h10-12,14,16H,4-9H2,1-3H3. The highest BCUT2D eigenvalue weighted by Crippen LogP contribution is 2.21. The second kappa shape index (κ2) is 7.71.